The van der Waals surface area contributed by atoms with Gasteiger partial charge in [-0.05, 0) is 26.7 Å². The second kappa shape index (κ2) is 5.92. The molecule has 1 aromatic rings. The highest BCUT2D eigenvalue weighted by Crippen LogP contribution is 2.37. The summed E-state index contributed by atoms with van der Waals surface area (Å²) < 4.78 is 23.3. The Balaban J connectivity index is 1.80. The van der Waals surface area contributed by atoms with E-state index in [9.17, 15) is 13.2 Å². The van der Waals surface area contributed by atoms with Crippen LogP contribution in [0.3, 0.4) is 0 Å². The fraction of sp³-hybridized carbons (Fsp3) is 0.733. The first-order valence-corrected chi connectivity index (χ1v) is 10.5. The van der Waals surface area contributed by atoms with Crippen LogP contribution >= 0.6 is 11.3 Å². The van der Waals surface area contributed by atoms with Crippen LogP contribution in [0.5, 0.6) is 0 Å². The number of hydrogen-bond donors (Lipinski definition) is 0. The van der Waals surface area contributed by atoms with Gasteiger partial charge in [-0.15, -0.1) is 11.3 Å². The molecule has 5 nitrogen and oxygen atoms in total. The predicted octanol–water partition coefficient (Wildman–Crippen LogP) is 2.37. The van der Waals surface area contributed by atoms with Gasteiger partial charge >= 0.3 is 0 Å². The summed E-state index contributed by atoms with van der Waals surface area (Å²) in [4.78, 5) is 19.8. The largest absolute Gasteiger partial charge is 0.333 e. The van der Waals surface area contributed by atoms with Crippen LogP contribution in [0.1, 0.15) is 58.9 Å². The van der Waals surface area contributed by atoms with Gasteiger partial charge in [-0.2, -0.15) is 0 Å². The average molecular weight is 342 g/mol. The van der Waals surface area contributed by atoms with Crippen LogP contribution in [0.15, 0.2) is 0 Å². The first-order valence-electron chi connectivity index (χ1n) is 7.86. The van der Waals surface area contributed by atoms with Crippen molar-refractivity contribution in [2.24, 2.45) is 0 Å². The second-order valence-electron chi connectivity index (χ2n) is 6.41. The lowest BCUT2D eigenvalue weighted by Gasteiger charge is -2.32. The molecule has 1 aliphatic heterocycles. The van der Waals surface area contributed by atoms with E-state index in [1.165, 1.54) is 37.0 Å². The molecule has 0 bridgehead atoms. The Hall–Kier alpha value is -0.950. The number of hydrogen-bond acceptors (Lipinski definition) is 5. The molecule has 1 saturated heterocycles. The van der Waals surface area contributed by atoms with Crippen LogP contribution in [0, 0.1) is 6.92 Å². The summed E-state index contributed by atoms with van der Waals surface area (Å²) in [6, 6.07) is -0.261. The van der Waals surface area contributed by atoms with Crippen LogP contribution in [0.25, 0.3) is 0 Å². The highest BCUT2D eigenvalue weighted by molar-refractivity contribution is 7.91. The quantitative estimate of drug-likeness (QED) is 0.827. The van der Waals surface area contributed by atoms with Crippen molar-refractivity contribution in [2.45, 2.75) is 51.5 Å². The smallest absolute Gasteiger partial charge is 0.266 e. The van der Waals surface area contributed by atoms with Crippen molar-refractivity contribution in [3.8, 4) is 0 Å². The Kier molecular flexibility index (Phi) is 4.29. The summed E-state index contributed by atoms with van der Waals surface area (Å²) in [5.74, 6) is 0.578. The van der Waals surface area contributed by atoms with Crippen molar-refractivity contribution >= 4 is 27.1 Å². The van der Waals surface area contributed by atoms with Gasteiger partial charge < -0.3 is 4.90 Å². The number of carbonyl (C=O) groups is 1. The number of nitrogens with zero attached hydrogens (tertiary/aromatic N) is 2. The molecule has 1 saturated carbocycles. The molecule has 1 atom stereocenters. The van der Waals surface area contributed by atoms with E-state index in [1.807, 2.05) is 13.8 Å². The Morgan fingerprint density at radius 3 is 2.64 bits per heavy atom. The minimum Gasteiger partial charge on any atom is -0.333 e. The molecular formula is C15H22N2O3S2. The maximum Gasteiger partial charge on any atom is 0.266 e. The van der Waals surface area contributed by atoms with Crippen LogP contribution in [-0.4, -0.2) is 48.3 Å². The molecule has 0 spiro atoms. The first-order chi connectivity index (χ1) is 10.4. The third kappa shape index (κ3) is 3.06. The Morgan fingerprint density at radius 1 is 1.32 bits per heavy atom. The second-order valence-corrected chi connectivity index (χ2v) is 9.67. The van der Waals surface area contributed by atoms with Crippen molar-refractivity contribution in [3.05, 3.63) is 15.6 Å². The van der Waals surface area contributed by atoms with E-state index in [0.717, 1.165) is 10.7 Å². The highest BCUT2D eigenvalue weighted by atomic mass is 32.2. The summed E-state index contributed by atoms with van der Waals surface area (Å²) >= 11 is 1.51. The van der Waals surface area contributed by atoms with Gasteiger partial charge in [-0.25, -0.2) is 13.4 Å². The van der Waals surface area contributed by atoms with Gasteiger partial charge in [0, 0.05) is 18.5 Å². The zero-order chi connectivity index (χ0) is 15.9. The summed E-state index contributed by atoms with van der Waals surface area (Å²) in [5, 5.41) is 1.08. The molecule has 2 aliphatic rings. The number of thiazole rings is 1. The minimum absolute atomic E-state index is 0.0540. The van der Waals surface area contributed by atoms with E-state index in [-0.39, 0.29) is 23.5 Å². The summed E-state index contributed by atoms with van der Waals surface area (Å²) in [6.45, 7) is 3.98. The lowest BCUT2D eigenvalue weighted by atomic mass is 10.1. The summed E-state index contributed by atoms with van der Waals surface area (Å²) in [7, 11) is -3.00. The van der Waals surface area contributed by atoms with Gasteiger partial charge in [0.05, 0.1) is 22.2 Å². The third-order valence-corrected chi connectivity index (χ3v) is 7.75. The third-order valence-electron chi connectivity index (χ3n) is 4.64. The highest BCUT2D eigenvalue weighted by Gasteiger charge is 2.34. The molecule has 0 aromatic carbocycles. The molecule has 122 valence electrons. The van der Waals surface area contributed by atoms with E-state index in [4.69, 9.17) is 0 Å². The van der Waals surface area contributed by atoms with Gasteiger partial charge in [0.2, 0.25) is 0 Å². The SMILES string of the molecule is Cc1nc(C2CCCC2)sc1C(=O)N1CCS(=O)(=O)C[C@@H]1C. The molecule has 3 rings (SSSR count). The molecule has 1 aromatic heterocycles. The molecule has 2 fully saturated rings. The Morgan fingerprint density at radius 2 is 2.00 bits per heavy atom. The van der Waals surface area contributed by atoms with Gasteiger partial charge in [-0.3, -0.25) is 4.79 Å². The van der Waals surface area contributed by atoms with Crippen LogP contribution in [0.2, 0.25) is 0 Å². The molecular weight excluding hydrogens is 320 g/mol. The molecule has 2 heterocycles. The molecule has 22 heavy (non-hydrogen) atoms. The topological polar surface area (TPSA) is 67.3 Å². The van der Waals surface area contributed by atoms with Crippen molar-refractivity contribution in [1.29, 1.82) is 0 Å². The molecule has 0 N–H and O–H groups in total. The molecule has 0 unspecified atom stereocenters. The monoisotopic (exact) mass is 342 g/mol. The summed E-state index contributed by atoms with van der Waals surface area (Å²) in [6.07, 6.45) is 4.82. The molecule has 1 aliphatic carbocycles. The fourth-order valence-corrected chi connectivity index (χ4v) is 6.14. The zero-order valence-electron chi connectivity index (χ0n) is 13.0. The van der Waals surface area contributed by atoms with E-state index in [0.29, 0.717) is 17.3 Å². The van der Waals surface area contributed by atoms with Crippen molar-refractivity contribution < 1.29 is 13.2 Å². The van der Waals surface area contributed by atoms with Gasteiger partial charge in [0.1, 0.15) is 4.88 Å². The fourth-order valence-electron chi connectivity index (χ4n) is 3.39. The summed E-state index contributed by atoms with van der Waals surface area (Å²) in [5.41, 5.74) is 0.789. The predicted molar refractivity (Wildman–Crippen MR) is 87.2 cm³/mol. The average Bonchev–Trinajstić information content (AvgIpc) is 3.05. The lowest BCUT2D eigenvalue weighted by Crippen LogP contribution is -2.49. The van der Waals surface area contributed by atoms with Crippen molar-refractivity contribution in [1.82, 2.24) is 9.88 Å². The maximum absolute atomic E-state index is 12.8. The van der Waals surface area contributed by atoms with Crippen LogP contribution < -0.4 is 0 Å². The van der Waals surface area contributed by atoms with E-state index >= 15 is 0 Å². The van der Waals surface area contributed by atoms with Gasteiger partial charge in [-0.1, -0.05) is 12.8 Å². The number of amides is 1. The first kappa shape index (κ1) is 15.9. The minimum atomic E-state index is -3.00. The van der Waals surface area contributed by atoms with Crippen LogP contribution in [0.4, 0.5) is 0 Å². The van der Waals surface area contributed by atoms with Crippen molar-refractivity contribution in [3.63, 3.8) is 0 Å². The van der Waals surface area contributed by atoms with E-state index < -0.39 is 9.84 Å². The number of sulfone groups is 1. The molecule has 0 radical (unpaired) electrons. The molecule has 1 amide bonds. The zero-order valence-corrected chi connectivity index (χ0v) is 14.7. The van der Waals surface area contributed by atoms with Gasteiger partial charge in [0.25, 0.3) is 5.91 Å². The number of aromatic nitrogens is 1. The maximum atomic E-state index is 12.8. The van der Waals surface area contributed by atoms with E-state index in [1.54, 1.807) is 4.90 Å². The molecule has 7 heteroatoms. The number of rotatable bonds is 2. The standard InChI is InChI=1S/C15H22N2O3S2/c1-10-9-22(19,20)8-7-17(10)15(18)13-11(2)16-14(21-13)12-5-3-4-6-12/h10,12H,3-9H2,1-2H3/t10-/m0/s1. The lowest BCUT2D eigenvalue weighted by molar-refractivity contribution is 0.0716. The van der Waals surface area contributed by atoms with Crippen molar-refractivity contribution in [2.75, 3.05) is 18.1 Å². The number of carbonyl (C=O) groups excluding carboxylic acids is 1. The van der Waals surface area contributed by atoms with Gasteiger partial charge in [0.15, 0.2) is 9.84 Å². The normalized spacial score (nSPS) is 25.5. The van der Waals surface area contributed by atoms with E-state index in [2.05, 4.69) is 4.98 Å². The Labute approximate surface area is 135 Å². The Bertz CT molecular complexity index is 675. The van der Waals surface area contributed by atoms with Crippen LogP contribution in [-0.2, 0) is 9.84 Å². The number of aryl methyl sites for hydroxylation is 1.